The van der Waals surface area contributed by atoms with E-state index in [-0.39, 0.29) is 0 Å². The molecule has 10 heteroatoms. The van der Waals surface area contributed by atoms with Gasteiger partial charge >= 0.3 is 21.6 Å². The normalized spacial score (nSPS) is 17.2. The van der Waals surface area contributed by atoms with Gasteiger partial charge in [0.05, 0.1) is 0 Å². The molecular weight excluding hydrogens is 351 g/mol. The van der Waals surface area contributed by atoms with Gasteiger partial charge in [0.1, 0.15) is 11.8 Å². The minimum Gasteiger partial charge on any atom is -0.480 e. The lowest BCUT2D eigenvalue weighted by atomic mass is 9.97. The van der Waals surface area contributed by atoms with E-state index in [1.807, 2.05) is 0 Å². The maximum Gasteiger partial charge on any atom is 0.534 e. The third kappa shape index (κ3) is 3.81. The second kappa shape index (κ2) is 6.60. The Labute approximate surface area is 137 Å². The number of aliphatic carboxylic acids is 1. The van der Waals surface area contributed by atoms with Crippen LogP contribution < -0.4 is 4.18 Å². The van der Waals surface area contributed by atoms with E-state index in [4.69, 9.17) is 0 Å². The summed E-state index contributed by atoms with van der Waals surface area (Å²) in [6.07, 6.45) is 0.818. The standard InChI is InChI=1S/C14H16F3NO5S/c1-2-12(13(19)20)18-6-5-9-7-11(4-3-10(9)8-18)23-24(21,22)14(15,16)17/h3-4,7,12H,2,5-6,8H2,1H3,(H,19,20). The van der Waals surface area contributed by atoms with Crippen molar-refractivity contribution < 1.29 is 35.7 Å². The Morgan fingerprint density at radius 2 is 2.04 bits per heavy atom. The zero-order valence-electron chi connectivity index (χ0n) is 12.7. The molecule has 134 valence electrons. The average Bonchev–Trinajstić information content (AvgIpc) is 2.46. The molecule has 0 saturated carbocycles. The largest absolute Gasteiger partial charge is 0.534 e. The number of hydrogen-bond acceptors (Lipinski definition) is 5. The Morgan fingerprint density at radius 1 is 1.38 bits per heavy atom. The van der Waals surface area contributed by atoms with E-state index in [2.05, 4.69) is 4.18 Å². The van der Waals surface area contributed by atoms with Crippen molar-refractivity contribution in [2.24, 2.45) is 0 Å². The molecule has 0 aromatic heterocycles. The van der Waals surface area contributed by atoms with Crippen LogP contribution in [0.3, 0.4) is 0 Å². The van der Waals surface area contributed by atoms with Gasteiger partial charge in [-0.3, -0.25) is 9.69 Å². The molecule has 1 atom stereocenters. The predicted molar refractivity (Wildman–Crippen MR) is 77.9 cm³/mol. The first-order chi connectivity index (χ1) is 11.0. The number of fused-ring (bicyclic) bond motifs is 1. The van der Waals surface area contributed by atoms with Crippen molar-refractivity contribution in [2.75, 3.05) is 6.54 Å². The topological polar surface area (TPSA) is 83.9 Å². The highest BCUT2D eigenvalue weighted by molar-refractivity contribution is 7.88. The fourth-order valence-corrected chi connectivity index (χ4v) is 3.08. The Hall–Kier alpha value is -1.81. The van der Waals surface area contributed by atoms with Gasteiger partial charge in [-0.2, -0.15) is 21.6 Å². The molecule has 0 fully saturated rings. The van der Waals surface area contributed by atoms with Crippen LogP contribution in [0.1, 0.15) is 24.5 Å². The van der Waals surface area contributed by atoms with Crippen LogP contribution in [-0.4, -0.2) is 42.5 Å². The number of nitrogens with zero attached hydrogens (tertiary/aromatic N) is 1. The summed E-state index contributed by atoms with van der Waals surface area (Å²) in [5.41, 5.74) is -4.12. The Balaban J connectivity index is 2.19. The maximum absolute atomic E-state index is 12.3. The van der Waals surface area contributed by atoms with Gasteiger partial charge in [0, 0.05) is 13.1 Å². The Morgan fingerprint density at radius 3 is 2.58 bits per heavy atom. The van der Waals surface area contributed by atoms with Crippen LogP contribution in [0.25, 0.3) is 0 Å². The molecule has 1 aromatic carbocycles. The smallest absolute Gasteiger partial charge is 0.480 e. The van der Waals surface area contributed by atoms with E-state index < -0.39 is 33.4 Å². The van der Waals surface area contributed by atoms with Crippen molar-refractivity contribution in [1.82, 2.24) is 4.90 Å². The lowest BCUT2D eigenvalue weighted by Gasteiger charge is -2.33. The first-order valence-corrected chi connectivity index (χ1v) is 8.55. The molecule has 0 bridgehead atoms. The lowest BCUT2D eigenvalue weighted by Crippen LogP contribution is -2.43. The monoisotopic (exact) mass is 367 g/mol. The van der Waals surface area contributed by atoms with Gasteiger partial charge in [-0.1, -0.05) is 13.0 Å². The fourth-order valence-electron chi connectivity index (χ4n) is 2.63. The number of alkyl halides is 3. The molecule has 0 aliphatic carbocycles. The van der Waals surface area contributed by atoms with E-state index in [0.29, 0.717) is 31.5 Å². The third-order valence-electron chi connectivity index (χ3n) is 3.82. The quantitative estimate of drug-likeness (QED) is 0.634. The second-order valence-electron chi connectivity index (χ2n) is 5.40. The maximum atomic E-state index is 12.3. The number of carboxylic acids is 1. The summed E-state index contributed by atoms with van der Waals surface area (Å²) in [6, 6.07) is 3.20. The molecule has 1 aromatic rings. The van der Waals surface area contributed by atoms with Crippen LogP contribution in [0.5, 0.6) is 5.75 Å². The molecule has 0 radical (unpaired) electrons. The number of benzene rings is 1. The van der Waals surface area contributed by atoms with Gasteiger partial charge in [-0.05, 0) is 36.1 Å². The Bertz CT molecular complexity index is 732. The first kappa shape index (κ1) is 18.5. The minimum absolute atomic E-state index is 0.326. The second-order valence-corrected chi connectivity index (χ2v) is 6.93. The van der Waals surface area contributed by atoms with Crippen LogP contribution in [0.15, 0.2) is 18.2 Å². The van der Waals surface area contributed by atoms with E-state index in [1.54, 1.807) is 11.8 Å². The van der Waals surface area contributed by atoms with E-state index in [9.17, 15) is 31.5 Å². The minimum atomic E-state index is -5.70. The zero-order valence-corrected chi connectivity index (χ0v) is 13.5. The number of halogens is 3. The summed E-state index contributed by atoms with van der Waals surface area (Å²) in [4.78, 5) is 13.0. The number of carbonyl (C=O) groups is 1. The molecule has 24 heavy (non-hydrogen) atoms. The van der Waals surface area contributed by atoms with Crippen molar-refractivity contribution in [3.8, 4) is 5.75 Å². The van der Waals surface area contributed by atoms with Gasteiger partial charge in [0.15, 0.2) is 0 Å². The molecule has 1 heterocycles. The molecule has 0 saturated heterocycles. The van der Waals surface area contributed by atoms with Crippen molar-refractivity contribution in [3.05, 3.63) is 29.3 Å². The molecule has 1 aliphatic heterocycles. The summed E-state index contributed by atoms with van der Waals surface area (Å²) in [7, 11) is -5.70. The molecule has 0 spiro atoms. The van der Waals surface area contributed by atoms with E-state index in [1.165, 1.54) is 12.1 Å². The van der Waals surface area contributed by atoms with E-state index >= 15 is 0 Å². The fraction of sp³-hybridized carbons (Fsp3) is 0.500. The van der Waals surface area contributed by atoms with Crippen LogP contribution in [0.2, 0.25) is 0 Å². The molecule has 1 aliphatic rings. The highest BCUT2D eigenvalue weighted by Gasteiger charge is 2.48. The van der Waals surface area contributed by atoms with E-state index in [0.717, 1.165) is 11.6 Å². The Kier molecular flexibility index (Phi) is 5.09. The van der Waals surface area contributed by atoms with Crippen molar-refractivity contribution in [3.63, 3.8) is 0 Å². The molecule has 1 N–H and O–H groups in total. The predicted octanol–water partition coefficient (Wildman–Crippen LogP) is 2.14. The number of rotatable bonds is 5. The van der Waals surface area contributed by atoms with Crippen molar-refractivity contribution in [1.29, 1.82) is 0 Å². The van der Waals surface area contributed by atoms with Crippen molar-refractivity contribution in [2.45, 2.75) is 37.9 Å². The van der Waals surface area contributed by atoms with Crippen LogP contribution in [0, 0.1) is 0 Å². The summed E-state index contributed by atoms with van der Waals surface area (Å²) in [5, 5.41) is 9.19. The lowest BCUT2D eigenvalue weighted by molar-refractivity contribution is -0.143. The zero-order chi connectivity index (χ0) is 18.1. The highest BCUT2D eigenvalue weighted by atomic mass is 32.2. The summed E-state index contributed by atoms with van der Waals surface area (Å²) in [5.74, 6) is -1.35. The average molecular weight is 367 g/mol. The van der Waals surface area contributed by atoms with Gasteiger partial charge < -0.3 is 9.29 Å². The first-order valence-electron chi connectivity index (χ1n) is 7.14. The molecule has 2 rings (SSSR count). The summed E-state index contributed by atoms with van der Waals surface area (Å²) >= 11 is 0. The van der Waals surface area contributed by atoms with Crippen LogP contribution in [-0.2, 0) is 27.9 Å². The molecule has 1 unspecified atom stereocenters. The molecule has 0 amide bonds. The highest BCUT2D eigenvalue weighted by Crippen LogP contribution is 2.30. The van der Waals surface area contributed by atoms with Gasteiger partial charge in [0.25, 0.3) is 0 Å². The van der Waals surface area contributed by atoms with Gasteiger partial charge in [-0.15, -0.1) is 0 Å². The van der Waals surface area contributed by atoms with Gasteiger partial charge in [-0.25, -0.2) is 0 Å². The van der Waals surface area contributed by atoms with Crippen LogP contribution in [0.4, 0.5) is 13.2 Å². The molecular formula is C14H16F3NO5S. The SMILES string of the molecule is CCC(C(=O)O)N1CCc2cc(OS(=O)(=O)C(F)(F)F)ccc2C1. The van der Waals surface area contributed by atoms with Crippen LogP contribution >= 0.6 is 0 Å². The third-order valence-corrected chi connectivity index (χ3v) is 4.80. The van der Waals surface area contributed by atoms with Gasteiger partial charge in [0.2, 0.25) is 0 Å². The number of carboxylic acid groups (broad SMARTS) is 1. The summed E-state index contributed by atoms with van der Waals surface area (Å²) < 4.78 is 63.2. The molecule has 6 nitrogen and oxygen atoms in total. The van der Waals surface area contributed by atoms with Crippen molar-refractivity contribution >= 4 is 16.1 Å². The summed E-state index contributed by atoms with van der Waals surface area (Å²) in [6.45, 7) is 2.49. The number of hydrogen-bond donors (Lipinski definition) is 1.